The molecule has 0 fully saturated rings. The first kappa shape index (κ1) is 23.6. The molecule has 0 radical (unpaired) electrons. The van der Waals surface area contributed by atoms with Gasteiger partial charge in [-0.05, 0) is 33.1 Å². The minimum atomic E-state index is -0.159. The molecule has 0 bridgehead atoms. The molecule has 0 saturated carbocycles. The van der Waals surface area contributed by atoms with Gasteiger partial charge in [0.05, 0.1) is 6.61 Å². The summed E-state index contributed by atoms with van der Waals surface area (Å²) in [4.78, 5) is 11.2. The van der Waals surface area contributed by atoms with Crippen LogP contribution in [-0.2, 0) is 23.7 Å². The molecule has 0 saturated heterocycles. The van der Waals surface area contributed by atoms with Crippen LogP contribution in [0.1, 0.15) is 60.3 Å². The Labute approximate surface area is 136 Å². The molecule has 0 aromatic carbocycles. The maximum atomic E-state index is 11.2. The van der Waals surface area contributed by atoms with Crippen LogP contribution in [-0.4, -0.2) is 51.7 Å². The zero-order valence-electron chi connectivity index (χ0n) is 15.2. The Morgan fingerprint density at radius 3 is 1.91 bits per heavy atom. The molecule has 5 heteroatoms. The first-order chi connectivity index (χ1) is 10.7. The van der Waals surface area contributed by atoms with Crippen molar-refractivity contribution in [1.82, 2.24) is 0 Å². The van der Waals surface area contributed by atoms with Crippen LogP contribution in [0.25, 0.3) is 0 Å². The highest BCUT2D eigenvalue weighted by Gasteiger charge is 2.12. The van der Waals surface area contributed by atoms with E-state index in [9.17, 15) is 4.79 Å². The molecule has 22 heavy (non-hydrogen) atoms. The molecule has 0 amide bonds. The van der Waals surface area contributed by atoms with E-state index in [1.54, 1.807) is 0 Å². The van der Waals surface area contributed by atoms with Gasteiger partial charge >= 0.3 is 5.97 Å². The summed E-state index contributed by atoms with van der Waals surface area (Å²) in [6.07, 6.45) is 3.08. The van der Waals surface area contributed by atoms with Crippen LogP contribution in [0.5, 0.6) is 0 Å². The van der Waals surface area contributed by atoms with Crippen molar-refractivity contribution in [3.8, 4) is 0 Å². The minimum Gasteiger partial charge on any atom is -0.463 e. The number of rotatable bonds is 13. The second-order valence-electron chi connectivity index (χ2n) is 4.78. The van der Waals surface area contributed by atoms with Crippen LogP contribution in [0.2, 0.25) is 0 Å². The van der Waals surface area contributed by atoms with Crippen LogP contribution in [0.3, 0.4) is 0 Å². The Balaban J connectivity index is 0. The Morgan fingerprint density at radius 1 is 0.818 bits per heavy atom. The van der Waals surface area contributed by atoms with Crippen molar-refractivity contribution in [3.05, 3.63) is 0 Å². The van der Waals surface area contributed by atoms with Gasteiger partial charge in [-0.2, -0.15) is 0 Å². The Morgan fingerprint density at radius 2 is 1.45 bits per heavy atom. The van der Waals surface area contributed by atoms with Crippen LogP contribution in [0, 0.1) is 0 Å². The largest absolute Gasteiger partial charge is 0.463 e. The summed E-state index contributed by atoms with van der Waals surface area (Å²) in [6, 6.07) is 0. The van der Waals surface area contributed by atoms with Crippen molar-refractivity contribution in [1.29, 1.82) is 0 Å². The zero-order chi connectivity index (χ0) is 17.1. The van der Waals surface area contributed by atoms with Gasteiger partial charge < -0.3 is 18.9 Å². The summed E-state index contributed by atoms with van der Waals surface area (Å²) in [5.41, 5.74) is 0. The van der Waals surface area contributed by atoms with E-state index in [-0.39, 0.29) is 12.1 Å². The van der Waals surface area contributed by atoms with E-state index in [2.05, 4.69) is 6.92 Å². The molecule has 0 aromatic heterocycles. The van der Waals surface area contributed by atoms with Crippen LogP contribution in [0.15, 0.2) is 0 Å². The summed E-state index contributed by atoms with van der Waals surface area (Å²) in [5.74, 6) is -0.159. The molecule has 134 valence electrons. The molecule has 1 atom stereocenters. The highest BCUT2D eigenvalue weighted by atomic mass is 16.6. The van der Waals surface area contributed by atoms with E-state index in [1.807, 2.05) is 27.7 Å². The third-order valence-corrected chi connectivity index (χ3v) is 2.50. The van der Waals surface area contributed by atoms with Gasteiger partial charge in [-0.25, -0.2) is 0 Å². The number of hydrogen-bond donors (Lipinski definition) is 0. The molecule has 0 rings (SSSR count). The lowest BCUT2D eigenvalue weighted by atomic mass is 10.3. The van der Waals surface area contributed by atoms with Gasteiger partial charge in [-0.15, -0.1) is 0 Å². The van der Waals surface area contributed by atoms with Gasteiger partial charge in [0, 0.05) is 32.8 Å². The molecule has 0 aliphatic rings. The maximum Gasteiger partial charge on any atom is 0.305 e. The molecule has 0 N–H and O–H groups in total. The molecular formula is C17H36O5. The summed E-state index contributed by atoms with van der Waals surface area (Å²) >= 11 is 0. The Kier molecular flexibility index (Phi) is 21.8. The lowest BCUT2D eigenvalue weighted by molar-refractivity contribution is -0.149. The molecule has 1 unspecified atom stereocenters. The summed E-state index contributed by atoms with van der Waals surface area (Å²) in [5, 5.41) is 0. The third kappa shape index (κ3) is 19.4. The van der Waals surface area contributed by atoms with Crippen molar-refractivity contribution in [2.45, 2.75) is 66.4 Å². The predicted molar refractivity (Wildman–Crippen MR) is 89.2 cm³/mol. The first-order valence-corrected chi connectivity index (χ1v) is 8.58. The monoisotopic (exact) mass is 320 g/mol. The topological polar surface area (TPSA) is 54.0 Å². The van der Waals surface area contributed by atoms with Crippen LogP contribution >= 0.6 is 0 Å². The number of ether oxygens (including phenoxy) is 4. The summed E-state index contributed by atoms with van der Waals surface area (Å²) in [6.45, 7) is 13.9. The second-order valence-corrected chi connectivity index (χ2v) is 4.78. The molecule has 0 spiro atoms. The quantitative estimate of drug-likeness (QED) is 0.383. The van der Waals surface area contributed by atoms with Gasteiger partial charge in [0.25, 0.3) is 0 Å². The highest BCUT2D eigenvalue weighted by Crippen LogP contribution is 2.00. The highest BCUT2D eigenvalue weighted by molar-refractivity contribution is 5.69. The van der Waals surface area contributed by atoms with Gasteiger partial charge in [-0.3, -0.25) is 4.79 Å². The van der Waals surface area contributed by atoms with E-state index >= 15 is 0 Å². The van der Waals surface area contributed by atoms with E-state index in [0.29, 0.717) is 26.2 Å². The number of esters is 1. The number of carbonyl (C=O) groups excluding carboxylic acids is 1. The van der Waals surface area contributed by atoms with Crippen molar-refractivity contribution in [2.24, 2.45) is 0 Å². The van der Waals surface area contributed by atoms with Gasteiger partial charge in [0.2, 0.25) is 0 Å². The lowest BCUT2D eigenvalue weighted by Crippen LogP contribution is -2.27. The summed E-state index contributed by atoms with van der Waals surface area (Å²) < 4.78 is 20.9. The fraction of sp³-hybridized carbons (Fsp3) is 0.941. The Bertz CT molecular complexity index is 219. The standard InChI is InChI=1S/C13H26O4.C4H10O/c1-4-7-13(14)17-11-12(16-9-6-3)10-15-8-5-2;1-3-5-4-2/h12H,4-11H2,1-3H3;3-4H2,1-2H3. The minimum absolute atomic E-state index is 0.137. The molecule has 0 aromatic rings. The molecular weight excluding hydrogens is 284 g/mol. The normalized spacial score (nSPS) is 11.5. The molecule has 5 nitrogen and oxygen atoms in total. The fourth-order valence-corrected chi connectivity index (χ4v) is 1.45. The average Bonchev–Trinajstić information content (AvgIpc) is 2.51. The number of carbonyl (C=O) groups is 1. The van der Waals surface area contributed by atoms with Gasteiger partial charge in [0.15, 0.2) is 0 Å². The number of hydrogen-bond acceptors (Lipinski definition) is 5. The van der Waals surface area contributed by atoms with Crippen molar-refractivity contribution >= 4 is 5.97 Å². The summed E-state index contributed by atoms with van der Waals surface area (Å²) in [7, 11) is 0. The van der Waals surface area contributed by atoms with Crippen molar-refractivity contribution in [3.63, 3.8) is 0 Å². The molecule has 0 heterocycles. The van der Waals surface area contributed by atoms with E-state index in [4.69, 9.17) is 18.9 Å². The lowest BCUT2D eigenvalue weighted by Gasteiger charge is -2.17. The van der Waals surface area contributed by atoms with E-state index < -0.39 is 0 Å². The van der Waals surface area contributed by atoms with Gasteiger partial charge in [0.1, 0.15) is 12.7 Å². The fourth-order valence-electron chi connectivity index (χ4n) is 1.45. The molecule has 0 aliphatic heterocycles. The van der Waals surface area contributed by atoms with Crippen molar-refractivity contribution < 1.29 is 23.7 Å². The smallest absolute Gasteiger partial charge is 0.305 e. The SMILES string of the molecule is CCCOCC(COC(=O)CCC)OCCC.CCOCC. The van der Waals surface area contributed by atoms with Crippen molar-refractivity contribution in [2.75, 3.05) is 39.6 Å². The Hall–Kier alpha value is -0.650. The van der Waals surface area contributed by atoms with Crippen LogP contribution in [0.4, 0.5) is 0 Å². The van der Waals surface area contributed by atoms with E-state index in [1.165, 1.54) is 0 Å². The second kappa shape index (κ2) is 20.3. The molecule has 0 aliphatic carbocycles. The third-order valence-electron chi connectivity index (χ3n) is 2.50. The predicted octanol–water partition coefficient (Wildman–Crippen LogP) is 3.59. The maximum absolute atomic E-state index is 11.2. The average molecular weight is 320 g/mol. The zero-order valence-corrected chi connectivity index (χ0v) is 15.2. The van der Waals surface area contributed by atoms with Gasteiger partial charge in [-0.1, -0.05) is 20.8 Å². The first-order valence-electron chi connectivity index (χ1n) is 8.58. The van der Waals surface area contributed by atoms with Crippen LogP contribution < -0.4 is 0 Å². The van der Waals surface area contributed by atoms with E-state index in [0.717, 1.165) is 39.1 Å².